The van der Waals surface area contributed by atoms with Crippen molar-refractivity contribution in [2.75, 3.05) is 4.90 Å². The summed E-state index contributed by atoms with van der Waals surface area (Å²) in [5.41, 5.74) is 1.85. The Labute approximate surface area is 176 Å². The lowest BCUT2D eigenvalue weighted by atomic mass is 10.0. The summed E-state index contributed by atoms with van der Waals surface area (Å²) in [6.45, 7) is 4.13. The molecular formula is C23H26N6O. The fourth-order valence-electron chi connectivity index (χ4n) is 4.86. The minimum absolute atomic E-state index is 0.0605. The van der Waals surface area contributed by atoms with Crippen LogP contribution in [0, 0.1) is 6.92 Å². The molecule has 0 saturated heterocycles. The van der Waals surface area contributed by atoms with Crippen LogP contribution in [0.5, 0.6) is 0 Å². The molecule has 0 N–H and O–H groups in total. The highest BCUT2D eigenvalue weighted by atomic mass is 16.1. The molecule has 0 unspecified atom stereocenters. The van der Waals surface area contributed by atoms with Crippen LogP contribution < -0.4 is 4.90 Å². The first kappa shape index (κ1) is 18.9. The normalized spacial score (nSPS) is 18.3. The fraction of sp³-hybridized carbons (Fsp3) is 0.435. The van der Waals surface area contributed by atoms with Crippen molar-refractivity contribution in [1.82, 2.24) is 24.7 Å². The highest BCUT2D eigenvalue weighted by Crippen LogP contribution is 2.43. The Balaban J connectivity index is 1.59. The second kappa shape index (κ2) is 7.63. The number of benzene rings is 1. The number of aryl methyl sites for hydroxylation is 1. The van der Waals surface area contributed by atoms with Gasteiger partial charge in [0.1, 0.15) is 11.5 Å². The Kier molecular flexibility index (Phi) is 4.81. The molecule has 2 aliphatic rings. The van der Waals surface area contributed by atoms with Gasteiger partial charge in [-0.2, -0.15) is 0 Å². The van der Waals surface area contributed by atoms with Crippen molar-refractivity contribution >= 4 is 11.6 Å². The molecule has 0 radical (unpaired) electrons. The number of fused-ring (bicyclic) bond motifs is 3. The summed E-state index contributed by atoms with van der Waals surface area (Å²) in [6.07, 6.45) is 7.71. The van der Waals surface area contributed by atoms with Crippen molar-refractivity contribution in [3.05, 3.63) is 59.6 Å². The van der Waals surface area contributed by atoms with Gasteiger partial charge in [0.2, 0.25) is 5.78 Å². The van der Waals surface area contributed by atoms with Crippen LogP contribution in [0.25, 0.3) is 5.69 Å². The van der Waals surface area contributed by atoms with Gasteiger partial charge in [0.15, 0.2) is 17.5 Å². The summed E-state index contributed by atoms with van der Waals surface area (Å²) in [6, 6.07) is 10.3. The Morgan fingerprint density at radius 2 is 1.90 bits per heavy atom. The topological polar surface area (TPSA) is 76.8 Å². The number of ketones is 1. The lowest BCUT2D eigenvalue weighted by Crippen LogP contribution is -2.42. The molecule has 5 rings (SSSR count). The van der Waals surface area contributed by atoms with Crippen LogP contribution in [-0.4, -0.2) is 36.6 Å². The van der Waals surface area contributed by atoms with Gasteiger partial charge in [0.05, 0.1) is 12.2 Å². The number of Topliss-reactive ketones (excluding diaryl/α,β-unsaturated/α-hetero) is 1. The van der Waals surface area contributed by atoms with Crippen molar-refractivity contribution in [3.8, 4) is 5.69 Å². The van der Waals surface area contributed by atoms with Gasteiger partial charge in [0, 0.05) is 12.5 Å². The molecule has 7 nitrogen and oxygen atoms in total. The molecule has 0 bridgehead atoms. The number of aromatic nitrogens is 5. The first-order valence-corrected chi connectivity index (χ1v) is 10.8. The molecule has 1 saturated carbocycles. The summed E-state index contributed by atoms with van der Waals surface area (Å²) in [5, 5.41) is 8.82. The lowest BCUT2D eigenvalue weighted by molar-refractivity contribution is 0.0983. The van der Waals surface area contributed by atoms with Crippen molar-refractivity contribution in [3.63, 3.8) is 0 Å². The van der Waals surface area contributed by atoms with E-state index in [0.717, 1.165) is 48.0 Å². The van der Waals surface area contributed by atoms with E-state index in [9.17, 15) is 4.79 Å². The predicted molar refractivity (Wildman–Crippen MR) is 114 cm³/mol. The Hall–Kier alpha value is -3.09. The molecule has 1 aliphatic heterocycles. The number of carbonyl (C=O) groups excluding carboxylic acids is 1. The molecule has 1 aromatic carbocycles. The highest BCUT2D eigenvalue weighted by Gasteiger charge is 2.39. The lowest BCUT2D eigenvalue weighted by Gasteiger charge is -2.41. The van der Waals surface area contributed by atoms with Gasteiger partial charge in [-0.3, -0.25) is 9.36 Å². The average Bonchev–Trinajstić information content (AvgIpc) is 3.43. The number of rotatable bonds is 5. The number of carbonyl (C=O) groups is 1. The molecular weight excluding hydrogens is 376 g/mol. The molecule has 2 aromatic heterocycles. The van der Waals surface area contributed by atoms with E-state index in [2.05, 4.69) is 31.6 Å². The van der Waals surface area contributed by atoms with Gasteiger partial charge in [-0.25, -0.2) is 9.97 Å². The molecule has 0 amide bonds. The van der Waals surface area contributed by atoms with E-state index in [-0.39, 0.29) is 17.6 Å². The van der Waals surface area contributed by atoms with Crippen LogP contribution >= 0.6 is 0 Å². The molecule has 154 valence electrons. The third-order valence-electron chi connectivity index (χ3n) is 6.28. The van der Waals surface area contributed by atoms with Crippen molar-refractivity contribution in [1.29, 1.82) is 0 Å². The van der Waals surface area contributed by atoms with E-state index >= 15 is 0 Å². The van der Waals surface area contributed by atoms with E-state index in [4.69, 9.17) is 4.98 Å². The van der Waals surface area contributed by atoms with Crippen LogP contribution in [-0.2, 0) is 6.42 Å². The zero-order valence-electron chi connectivity index (χ0n) is 17.5. The van der Waals surface area contributed by atoms with Gasteiger partial charge in [-0.15, -0.1) is 10.2 Å². The molecule has 1 fully saturated rings. The van der Waals surface area contributed by atoms with Crippen molar-refractivity contribution in [2.45, 2.75) is 64.5 Å². The average molecular weight is 403 g/mol. The second-order valence-electron chi connectivity index (χ2n) is 8.20. The van der Waals surface area contributed by atoms with Crippen LogP contribution in [0.1, 0.15) is 72.9 Å². The van der Waals surface area contributed by atoms with Crippen LogP contribution in [0.4, 0.5) is 5.82 Å². The van der Waals surface area contributed by atoms with E-state index in [1.165, 1.54) is 12.8 Å². The van der Waals surface area contributed by atoms with E-state index in [1.54, 1.807) is 6.20 Å². The fourth-order valence-corrected chi connectivity index (χ4v) is 4.86. The maximum absolute atomic E-state index is 13.0. The third-order valence-corrected chi connectivity index (χ3v) is 6.28. The summed E-state index contributed by atoms with van der Waals surface area (Å²) in [5.74, 6) is 2.83. The van der Waals surface area contributed by atoms with Crippen LogP contribution in [0.3, 0.4) is 0 Å². The molecule has 0 spiro atoms. The maximum atomic E-state index is 13.0. The van der Waals surface area contributed by atoms with Gasteiger partial charge in [0.25, 0.3) is 0 Å². The summed E-state index contributed by atoms with van der Waals surface area (Å²) < 4.78 is 2.06. The molecule has 3 aromatic rings. The SMILES string of the molecule is CC[C@@H]1c2nnc(C)n2-c2cnc(C(=O)Cc3ccccc3)nc2N1C1CCCC1. The quantitative estimate of drug-likeness (QED) is 0.600. The first-order chi connectivity index (χ1) is 14.7. The minimum atomic E-state index is -0.0605. The van der Waals surface area contributed by atoms with Crippen molar-refractivity contribution < 1.29 is 4.79 Å². The van der Waals surface area contributed by atoms with E-state index in [1.807, 2.05) is 37.3 Å². The summed E-state index contributed by atoms with van der Waals surface area (Å²) in [4.78, 5) is 24.7. The van der Waals surface area contributed by atoms with Crippen molar-refractivity contribution in [2.24, 2.45) is 0 Å². The molecule has 1 aliphatic carbocycles. The number of hydrogen-bond donors (Lipinski definition) is 0. The molecule has 30 heavy (non-hydrogen) atoms. The predicted octanol–water partition coefficient (Wildman–Crippen LogP) is 4.00. The number of hydrogen-bond acceptors (Lipinski definition) is 6. The maximum Gasteiger partial charge on any atom is 0.204 e. The number of anilines is 1. The van der Waals surface area contributed by atoms with E-state index in [0.29, 0.717) is 12.5 Å². The highest BCUT2D eigenvalue weighted by molar-refractivity contribution is 5.94. The van der Waals surface area contributed by atoms with Gasteiger partial charge in [-0.1, -0.05) is 50.1 Å². The van der Waals surface area contributed by atoms with Gasteiger partial charge in [-0.05, 0) is 31.7 Å². The Bertz CT molecular complexity index is 1070. The monoisotopic (exact) mass is 402 g/mol. The zero-order valence-corrected chi connectivity index (χ0v) is 17.5. The Morgan fingerprint density at radius 1 is 1.13 bits per heavy atom. The standard InChI is InChI=1S/C23H26N6O/c1-3-18-23-27-26-15(2)28(23)19-14-24-21(20(30)13-16-9-5-4-6-10-16)25-22(19)29(18)17-11-7-8-12-17/h4-6,9-10,14,17-18H,3,7-8,11-13H2,1-2H3/t18-/m1/s1. The third kappa shape index (κ3) is 3.09. The van der Waals surface area contributed by atoms with Crippen LogP contribution in [0.2, 0.25) is 0 Å². The van der Waals surface area contributed by atoms with Gasteiger partial charge >= 0.3 is 0 Å². The smallest absolute Gasteiger partial charge is 0.204 e. The molecule has 1 atom stereocenters. The minimum Gasteiger partial charge on any atom is -0.341 e. The summed E-state index contributed by atoms with van der Waals surface area (Å²) in [7, 11) is 0. The molecule has 3 heterocycles. The van der Waals surface area contributed by atoms with Gasteiger partial charge < -0.3 is 4.90 Å². The Morgan fingerprint density at radius 3 is 2.63 bits per heavy atom. The van der Waals surface area contributed by atoms with E-state index < -0.39 is 0 Å². The zero-order chi connectivity index (χ0) is 20.7. The molecule has 7 heteroatoms. The largest absolute Gasteiger partial charge is 0.341 e. The first-order valence-electron chi connectivity index (χ1n) is 10.8. The second-order valence-corrected chi connectivity index (χ2v) is 8.20. The summed E-state index contributed by atoms with van der Waals surface area (Å²) >= 11 is 0. The number of nitrogens with zero attached hydrogens (tertiary/aromatic N) is 6. The van der Waals surface area contributed by atoms with Crippen LogP contribution in [0.15, 0.2) is 36.5 Å².